The lowest BCUT2D eigenvalue weighted by Crippen LogP contribution is -2.38. The van der Waals surface area contributed by atoms with Gasteiger partial charge >= 0.3 is 0 Å². The normalized spacial score (nSPS) is 13.7. The van der Waals surface area contributed by atoms with Crippen LogP contribution >= 0.6 is 23.4 Å². The number of halogens is 1. The number of hydrogen-bond acceptors (Lipinski definition) is 7. The Hall–Kier alpha value is -2.75. The number of rotatable bonds is 9. The van der Waals surface area contributed by atoms with Crippen molar-refractivity contribution < 1.29 is 14.3 Å². The maximum absolute atomic E-state index is 12.5. The first-order valence-electron chi connectivity index (χ1n) is 10.7. The van der Waals surface area contributed by atoms with E-state index in [0.717, 1.165) is 24.2 Å². The third-order valence-corrected chi connectivity index (χ3v) is 6.37. The number of methoxy groups -OCH3 is 1. The fourth-order valence-corrected chi connectivity index (χ4v) is 4.56. The molecule has 1 saturated heterocycles. The molecular formula is C23H26ClN5O3S. The molecule has 33 heavy (non-hydrogen) atoms. The molecule has 174 valence electrons. The van der Waals surface area contributed by atoms with Crippen LogP contribution in [0.15, 0.2) is 53.7 Å². The molecule has 1 aliphatic rings. The van der Waals surface area contributed by atoms with Crippen LogP contribution in [0, 0.1) is 0 Å². The lowest BCUT2D eigenvalue weighted by molar-refractivity contribution is -0.115. The highest BCUT2D eigenvalue weighted by Gasteiger charge is 2.21. The second kappa shape index (κ2) is 11.4. The van der Waals surface area contributed by atoms with Crippen LogP contribution in [0.5, 0.6) is 5.75 Å². The van der Waals surface area contributed by atoms with Gasteiger partial charge in [-0.1, -0.05) is 53.7 Å². The molecule has 0 aliphatic carbocycles. The van der Waals surface area contributed by atoms with Gasteiger partial charge in [0.1, 0.15) is 5.75 Å². The quantitative estimate of drug-likeness (QED) is 0.458. The molecule has 3 aromatic rings. The predicted octanol–water partition coefficient (Wildman–Crippen LogP) is 3.95. The number of amides is 1. The monoisotopic (exact) mass is 487 g/mol. The average molecular weight is 488 g/mol. The van der Waals surface area contributed by atoms with Crippen molar-refractivity contribution in [2.24, 2.45) is 0 Å². The third-order valence-electron chi connectivity index (χ3n) is 5.17. The van der Waals surface area contributed by atoms with E-state index < -0.39 is 0 Å². The lowest BCUT2D eigenvalue weighted by atomic mass is 10.2. The molecule has 0 bridgehead atoms. The van der Waals surface area contributed by atoms with Gasteiger partial charge in [0, 0.05) is 30.3 Å². The molecular weight excluding hydrogens is 462 g/mol. The molecule has 1 aromatic heterocycles. The molecule has 1 N–H and O–H groups in total. The topological polar surface area (TPSA) is 81.5 Å². The predicted molar refractivity (Wildman–Crippen MR) is 131 cm³/mol. The number of ether oxygens (including phenoxy) is 2. The first-order chi connectivity index (χ1) is 16.1. The molecule has 10 heteroatoms. The van der Waals surface area contributed by atoms with Crippen LogP contribution in [0.1, 0.15) is 12.0 Å². The Bertz CT molecular complexity index is 1070. The largest absolute Gasteiger partial charge is 0.495 e. The van der Waals surface area contributed by atoms with Crippen LogP contribution in [0.3, 0.4) is 0 Å². The first-order valence-corrected chi connectivity index (χ1v) is 12.1. The summed E-state index contributed by atoms with van der Waals surface area (Å²) in [6.45, 7) is 3.57. The Morgan fingerprint density at radius 1 is 1.18 bits per heavy atom. The molecule has 1 aliphatic heterocycles. The van der Waals surface area contributed by atoms with Crippen LogP contribution in [0.4, 0.5) is 11.6 Å². The van der Waals surface area contributed by atoms with E-state index in [1.54, 1.807) is 25.3 Å². The van der Waals surface area contributed by atoms with E-state index >= 15 is 0 Å². The summed E-state index contributed by atoms with van der Waals surface area (Å²) in [4.78, 5) is 14.7. The number of carbonyl (C=O) groups excluding carboxylic acids is 1. The number of carbonyl (C=O) groups is 1. The van der Waals surface area contributed by atoms with Crippen molar-refractivity contribution in [2.45, 2.75) is 18.1 Å². The number of aromatic nitrogens is 3. The molecule has 2 heterocycles. The zero-order chi connectivity index (χ0) is 23.0. The molecule has 1 fully saturated rings. The summed E-state index contributed by atoms with van der Waals surface area (Å²) in [5.74, 6) is 1.84. The number of hydrogen-bond donors (Lipinski definition) is 1. The standard InChI is InChI=1S/C23H26ClN5O3S/c1-31-20-8-7-18(24)15-19(20)25-21(30)9-14-33-23-27-26-22(28-10-12-32-13-11-28)29(23)16-17-5-3-2-4-6-17/h2-8,15H,9-14,16H2,1H3,(H,25,30). The third kappa shape index (κ3) is 6.19. The highest BCUT2D eigenvalue weighted by molar-refractivity contribution is 7.99. The molecule has 8 nitrogen and oxygen atoms in total. The first kappa shape index (κ1) is 23.4. The van der Waals surface area contributed by atoms with E-state index in [1.165, 1.54) is 17.3 Å². The van der Waals surface area contributed by atoms with Crippen molar-refractivity contribution in [3.05, 3.63) is 59.1 Å². The van der Waals surface area contributed by atoms with Crippen molar-refractivity contribution in [1.29, 1.82) is 0 Å². The van der Waals surface area contributed by atoms with Gasteiger partial charge in [0.15, 0.2) is 5.16 Å². The second-order valence-electron chi connectivity index (χ2n) is 7.44. The summed E-state index contributed by atoms with van der Waals surface area (Å²) in [6, 6.07) is 15.3. The zero-order valence-electron chi connectivity index (χ0n) is 18.4. The Morgan fingerprint density at radius 3 is 2.73 bits per heavy atom. The Labute approximate surface area is 202 Å². The number of nitrogens with zero attached hydrogens (tertiary/aromatic N) is 4. The van der Waals surface area contributed by atoms with Gasteiger partial charge in [-0.15, -0.1) is 10.2 Å². The van der Waals surface area contributed by atoms with Gasteiger partial charge < -0.3 is 19.7 Å². The number of thioether (sulfide) groups is 1. The van der Waals surface area contributed by atoms with E-state index in [9.17, 15) is 4.79 Å². The van der Waals surface area contributed by atoms with Crippen molar-refractivity contribution in [2.75, 3.05) is 49.4 Å². The molecule has 4 rings (SSSR count). The van der Waals surface area contributed by atoms with Gasteiger partial charge in [0.25, 0.3) is 0 Å². The van der Waals surface area contributed by atoms with Crippen molar-refractivity contribution >= 4 is 40.9 Å². The highest BCUT2D eigenvalue weighted by Crippen LogP contribution is 2.28. The van der Waals surface area contributed by atoms with Crippen LogP contribution < -0.4 is 15.0 Å². The van der Waals surface area contributed by atoms with E-state index in [4.69, 9.17) is 21.1 Å². The zero-order valence-corrected chi connectivity index (χ0v) is 19.9. The van der Waals surface area contributed by atoms with Crippen LogP contribution in [0.2, 0.25) is 5.02 Å². The van der Waals surface area contributed by atoms with Gasteiger partial charge in [-0.05, 0) is 23.8 Å². The number of morpholine rings is 1. The Kier molecular flexibility index (Phi) is 8.09. The van der Waals surface area contributed by atoms with Gasteiger partial charge in [-0.25, -0.2) is 0 Å². The van der Waals surface area contributed by atoms with Crippen molar-refractivity contribution in [1.82, 2.24) is 14.8 Å². The van der Waals surface area contributed by atoms with Crippen molar-refractivity contribution in [3.8, 4) is 5.75 Å². The number of anilines is 2. The summed E-state index contributed by atoms with van der Waals surface area (Å²) < 4.78 is 12.9. The highest BCUT2D eigenvalue weighted by atomic mass is 35.5. The maximum atomic E-state index is 12.5. The maximum Gasteiger partial charge on any atom is 0.228 e. The van der Waals surface area contributed by atoms with Crippen molar-refractivity contribution in [3.63, 3.8) is 0 Å². The summed E-state index contributed by atoms with van der Waals surface area (Å²) in [6.07, 6.45) is 0.311. The average Bonchev–Trinajstić information content (AvgIpc) is 3.22. The van der Waals surface area contributed by atoms with Gasteiger partial charge in [0.05, 0.1) is 32.6 Å². The fraction of sp³-hybridized carbons (Fsp3) is 0.348. The van der Waals surface area contributed by atoms with Gasteiger partial charge in [-0.3, -0.25) is 9.36 Å². The lowest BCUT2D eigenvalue weighted by Gasteiger charge is -2.28. The summed E-state index contributed by atoms with van der Waals surface area (Å²) >= 11 is 7.57. The van der Waals surface area contributed by atoms with E-state index in [1.807, 2.05) is 18.2 Å². The molecule has 0 unspecified atom stereocenters. The minimum absolute atomic E-state index is 0.120. The molecule has 0 spiro atoms. The molecule has 0 saturated carbocycles. The van der Waals surface area contributed by atoms with E-state index in [2.05, 4.69) is 37.1 Å². The minimum atomic E-state index is -0.120. The molecule has 0 radical (unpaired) electrons. The molecule has 1 amide bonds. The smallest absolute Gasteiger partial charge is 0.228 e. The molecule has 2 aromatic carbocycles. The Morgan fingerprint density at radius 2 is 1.97 bits per heavy atom. The summed E-state index contributed by atoms with van der Waals surface area (Å²) in [7, 11) is 1.56. The SMILES string of the molecule is COc1ccc(Cl)cc1NC(=O)CCSc1nnc(N2CCOCC2)n1Cc1ccccc1. The van der Waals surface area contributed by atoms with Gasteiger partial charge in [-0.2, -0.15) is 0 Å². The van der Waals surface area contributed by atoms with Crippen LogP contribution in [-0.4, -0.2) is 59.8 Å². The van der Waals surface area contributed by atoms with Crippen LogP contribution in [-0.2, 0) is 16.1 Å². The minimum Gasteiger partial charge on any atom is -0.495 e. The number of benzene rings is 2. The summed E-state index contributed by atoms with van der Waals surface area (Å²) in [5.41, 5.74) is 1.72. The van der Waals surface area contributed by atoms with Crippen LogP contribution in [0.25, 0.3) is 0 Å². The Balaban J connectivity index is 1.42. The molecule has 0 atom stereocenters. The van der Waals surface area contributed by atoms with E-state index in [-0.39, 0.29) is 5.91 Å². The van der Waals surface area contributed by atoms with Gasteiger partial charge in [0.2, 0.25) is 11.9 Å². The second-order valence-corrected chi connectivity index (χ2v) is 8.94. The summed E-state index contributed by atoms with van der Waals surface area (Å²) in [5, 5.41) is 13.1. The number of nitrogens with one attached hydrogen (secondary N) is 1. The van der Waals surface area contributed by atoms with E-state index in [0.29, 0.717) is 48.4 Å². The fourth-order valence-electron chi connectivity index (χ4n) is 3.52.